The predicted octanol–water partition coefficient (Wildman–Crippen LogP) is 2.11. The second kappa shape index (κ2) is 4.91. The van der Waals surface area contributed by atoms with Crippen molar-refractivity contribution in [3.63, 3.8) is 0 Å². The highest BCUT2D eigenvalue weighted by molar-refractivity contribution is 5.86. The summed E-state index contributed by atoms with van der Waals surface area (Å²) in [7, 11) is 1.90. The molecule has 0 unspecified atom stereocenters. The van der Waals surface area contributed by atoms with Gasteiger partial charge in [-0.2, -0.15) is 0 Å². The number of hydrogen-bond donors (Lipinski definition) is 1. The summed E-state index contributed by atoms with van der Waals surface area (Å²) < 4.78 is 1.79. The maximum absolute atomic E-state index is 5.74. The van der Waals surface area contributed by atoms with E-state index in [2.05, 4.69) is 38.5 Å². The van der Waals surface area contributed by atoms with Gasteiger partial charge in [-0.15, -0.1) is 5.10 Å². The summed E-state index contributed by atoms with van der Waals surface area (Å²) in [5.74, 6) is 0.339. The molecule has 2 heterocycles. The fourth-order valence-corrected chi connectivity index (χ4v) is 2.95. The molecule has 1 aliphatic carbocycles. The van der Waals surface area contributed by atoms with Crippen molar-refractivity contribution in [1.82, 2.24) is 25.0 Å². The van der Waals surface area contributed by atoms with Gasteiger partial charge >= 0.3 is 0 Å². The minimum atomic E-state index is 0.339. The molecule has 0 atom stereocenters. The normalized spacial score (nSPS) is 14.5. The lowest BCUT2D eigenvalue weighted by Gasteiger charge is -2.10. The third-order valence-electron chi connectivity index (χ3n) is 4.06. The monoisotopic (exact) mass is 292 g/mol. The minimum absolute atomic E-state index is 0.339. The Labute approximate surface area is 127 Å². The van der Waals surface area contributed by atoms with E-state index in [1.54, 1.807) is 4.68 Å². The summed E-state index contributed by atoms with van der Waals surface area (Å²) in [4.78, 5) is 8.59. The smallest absolute Gasteiger partial charge is 0.220 e. The zero-order chi connectivity index (χ0) is 15.1. The SMILES string of the molecule is Cn1nnc2ccc(C3=CCCCc4nc(N)ncc43)cc21. The Balaban J connectivity index is 1.90. The quantitative estimate of drug-likeness (QED) is 0.742. The molecule has 0 bridgehead atoms. The van der Waals surface area contributed by atoms with Crippen LogP contribution in [0.15, 0.2) is 30.5 Å². The number of nitrogens with two attached hydrogens (primary N) is 1. The summed E-state index contributed by atoms with van der Waals surface area (Å²) >= 11 is 0. The molecule has 0 radical (unpaired) electrons. The van der Waals surface area contributed by atoms with Crippen LogP contribution in [0, 0.1) is 0 Å². The van der Waals surface area contributed by atoms with Crippen molar-refractivity contribution in [1.29, 1.82) is 0 Å². The van der Waals surface area contributed by atoms with Gasteiger partial charge in [-0.05, 0) is 42.5 Å². The average Bonchev–Trinajstić information content (AvgIpc) is 2.77. The van der Waals surface area contributed by atoms with Gasteiger partial charge in [0.05, 0.1) is 11.2 Å². The lowest BCUT2D eigenvalue weighted by Crippen LogP contribution is -2.03. The van der Waals surface area contributed by atoms with E-state index in [0.29, 0.717) is 5.95 Å². The topological polar surface area (TPSA) is 82.5 Å². The zero-order valence-electron chi connectivity index (χ0n) is 12.3. The number of hydrogen-bond acceptors (Lipinski definition) is 5. The molecular formula is C16H16N6. The van der Waals surface area contributed by atoms with Gasteiger partial charge in [0.15, 0.2) is 0 Å². The molecule has 0 saturated heterocycles. The molecule has 0 aliphatic heterocycles. The molecule has 1 aromatic carbocycles. The summed E-state index contributed by atoms with van der Waals surface area (Å²) in [6, 6.07) is 6.20. The van der Waals surface area contributed by atoms with Crippen LogP contribution in [0.3, 0.4) is 0 Å². The number of anilines is 1. The van der Waals surface area contributed by atoms with Gasteiger partial charge in [-0.25, -0.2) is 14.6 Å². The third kappa shape index (κ3) is 2.04. The van der Waals surface area contributed by atoms with Crippen LogP contribution in [-0.4, -0.2) is 25.0 Å². The van der Waals surface area contributed by atoms with E-state index >= 15 is 0 Å². The van der Waals surface area contributed by atoms with Crippen molar-refractivity contribution < 1.29 is 0 Å². The van der Waals surface area contributed by atoms with E-state index in [1.165, 1.54) is 0 Å². The molecule has 110 valence electrons. The largest absolute Gasteiger partial charge is 0.368 e. The first-order chi connectivity index (χ1) is 10.7. The molecule has 2 N–H and O–H groups in total. The molecule has 1 aliphatic rings. The van der Waals surface area contributed by atoms with Crippen LogP contribution in [0.5, 0.6) is 0 Å². The number of rotatable bonds is 1. The second-order valence-corrected chi connectivity index (χ2v) is 5.52. The second-order valence-electron chi connectivity index (χ2n) is 5.52. The van der Waals surface area contributed by atoms with E-state index in [0.717, 1.165) is 52.7 Å². The van der Waals surface area contributed by atoms with Crippen molar-refractivity contribution in [3.8, 4) is 0 Å². The predicted molar refractivity (Wildman–Crippen MR) is 85.0 cm³/mol. The summed E-state index contributed by atoms with van der Waals surface area (Å²) in [5.41, 5.74) is 12.0. The number of aromatic nitrogens is 5. The molecule has 0 fully saturated rings. The first-order valence-electron chi connectivity index (χ1n) is 7.34. The van der Waals surface area contributed by atoms with Crippen molar-refractivity contribution in [2.75, 3.05) is 5.73 Å². The van der Waals surface area contributed by atoms with Crippen molar-refractivity contribution in [2.45, 2.75) is 19.3 Å². The highest BCUT2D eigenvalue weighted by Crippen LogP contribution is 2.31. The molecule has 3 aromatic rings. The third-order valence-corrected chi connectivity index (χ3v) is 4.06. The van der Waals surface area contributed by atoms with Crippen LogP contribution in [0.2, 0.25) is 0 Å². The zero-order valence-corrected chi connectivity index (χ0v) is 12.3. The lowest BCUT2D eigenvalue weighted by molar-refractivity contribution is 0.736. The summed E-state index contributed by atoms with van der Waals surface area (Å²) in [5, 5.41) is 8.19. The van der Waals surface area contributed by atoms with Crippen LogP contribution in [0.1, 0.15) is 29.7 Å². The number of benzene rings is 1. The maximum atomic E-state index is 5.74. The molecule has 22 heavy (non-hydrogen) atoms. The Morgan fingerprint density at radius 3 is 3.09 bits per heavy atom. The number of aryl methyl sites for hydroxylation is 2. The van der Waals surface area contributed by atoms with Crippen molar-refractivity contribution >= 4 is 22.6 Å². The van der Waals surface area contributed by atoms with Crippen molar-refractivity contribution in [3.05, 3.63) is 47.3 Å². The Kier molecular flexibility index (Phi) is 2.89. The number of allylic oxidation sites excluding steroid dienone is 1. The Hall–Kier alpha value is -2.76. The maximum Gasteiger partial charge on any atom is 0.220 e. The molecule has 4 rings (SSSR count). The van der Waals surface area contributed by atoms with Gasteiger partial charge in [0.1, 0.15) is 5.52 Å². The summed E-state index contributed by atoms with van der Waals surface area (Å²) in [6.45, 7) is 0. The fraction of sp³-hybridized carbons (Fsp3) is 0.250. The van der Waals surface area contributed by atoms with Gasteiger partial charge < -0.3 is 5.73 Å². The highest BCUT2D eigenvalue weighted by Gasteiger charge is 2.16. The number of nitrogens with zero attached hydrogens (tertiary/aromatic N) is 5. The van der Waals surface area contributed by atoms with Crippen molar-refractivity contribution in [2.24, 2.45) is 7.05 Å². The van der Waals surface area contributed by atoms with Crippen LogP contribution in [-0.2, 0) is 13.5 Å². The lowest BCUT2D eigenvalue weighted by atomic mass is 9.97. The minimum Gasteiger partial charge on any atom is -0.368 e. The average molecular weight is 292 g/mol. The van der Waals surface area contributed by atoms with E-state index < -0.39 is 0 Å². The van der Waals surface area contributed by atoms with Gasteiger partial charge in [0.25, 0.3) is 0 Å². The molecule has 2 aromatic heterocycles. The first-order valence-corrected chi connectivity index (χ1v) is 7.34. The van der Waals surface area contributed by atoms with E-state index in [9.17, 15) is 0 Å². The van der Waals surface area contributed by atoms with E-state index in [1.807, 2.05) is 19.3 Å². The number of nitrogen functional groups attached to an aromatic ring is 1. The van der Waals surface area contributed by atoms with Gasteiger partial charge in [0.2, 0.25) is 5.95 Å². The molecular weight excluding hydrogens is 276 g/mol. The van der Waals surface area contributed by atoms with Crippen LogP contribution < -0.4 is 5.73 Å². The number of fused-ring (bicyclic) bond motifs is 2. The molecule has 6 nitrogen and oxygen atoms in total. The first kappa shape index (κ1) is 12.9. The molecule has 0 amide bonds. The Morgan fingerprint density at radius 2 is 2.18 bits per heavy atom. The van der Waals surface area contributed by atoms with Gasteiger partial charge in [0, 0.05) is 18.8 Å². The van der Waals surface area contributed by atoms with Gasteiger partial charge in [-0.3, -0.25) is 0 Å². The van der Waals surface area contributed by atoms with Crippen LogP contribution >= 0.6 is 0 Å². The van der Waals surface area contributed by atoms with Crippen LogP contribution in [0.4, 0.5) is 5.95 Å². The standard InChI is InChI=1S/C16H16N6/c1-22-15-8-10(6-7-14(15)20-21-22)11-4-2-3-5-13-12(11)9-18-16(17)19-13/h4,6-9H,2-3,5H2,1H3,(H2,17,18,19). The molecule has 0 spiro atoms. The Bertz CT molecular complexity index is 893. The fourth-order valence-electron chi connectivity index (χ4n) is 2.95. The van der Waals surface area contributed by atoms with E-state index in [4.69, 9.17) is 5.73 Å². The van der Waals surface area contributed by atoms with Crippen LogP contribution in [0.25, 0.3) is 16.6 Å². The molecule has 0 saturated carbocycles. The molecule has 6 heteroatoms. The Morgan fingerprint density at radius 1 is 1.27 bits per heavy atom. The van der Waals surface area contributed by atoms with Gasteiger partial charge in [-0.1, -0.05) is 17.4 Å². The van der Waals surface area contributed by atoms with E-state index in [-0.39, 0.29) is 0 Å². The summed E-state index contributed by atoms with van der Waals surface area (Å²) in [6.07, 6.45) is 7.12. The highest BCUT2D eigenvalue weighted by atomic mass is 15.4.